The first-order valence-electron chi connectivity index (χ1n) is 4.70. The number of carbonyl (C=O) groups is 1. The maximum absolute atomic E-state index is 13.4. The molecule has 4 heteroatoms. The molecule has 0 bridgehead atoms. The zero-order chi connectivity index (χ0) is 11.1. The summed E-state index contributed by atoms with van der Waals surface area (Å²) < 4.78 is 18.0. The third-order valence-electron chi connectivity index (χ3n) is 2.81. The molecule has 80 valence electrons. The van der Waals surface area contributed by atoms with E-state index in [1.165, 1.54) is 13.2 Å². The molecule has 1 unspecified atom stereocenters. The molecule has 0 amide bonds. The van der Waals surface area contributed by atoms with Gasteiger partial charge in [0.1, 0.15) is 11.4 Å². The van der Waals surface area contributed by atoms with Gasteiger partial charge in [-0.05, 0) is 17.2 Å². The van der Waals surface area contributed by atoms with Crippen LogP contribution in [0.15, 0.2) is 18.2 Å². The Morgan fingerprint density at radius 1 is 1.53 bits per heavy atom. The van der Waals surface area contributed by atoms with Gasteiger partial charge in [0.25, 0.3) is 0 Å². The van der Waals surface area contributed by atoms with Crippen LogP contribution in [0.3, 0.4) is 0 Å². The lowest BCUT2D eigenvalue weighted by Crippen LogP contribution is -2.49. The number of hydrogen-bond acceptors (Lipinski definition) is 3. The van der Waals surface area contributed by atoms with Crippen LogP contribution in [0.1, 0.15) is 11.1 Å². The van der Waals surface area contributed by atoms with Crippen molar-refractivity contribution in [3.8, 4) is 0 Å². The van der Waals surface area contributed by atoms with Crippen molar-refractivity contribution in [1.29, 1.82) is 0 Å². The number of hydrogen-bond donors (Lipinski definition) is 1. The van der Waals surface area contributed by atoms with Gasteiger partial charge in [-0.2, -0.15) is 0 Å². The summed E-state index contributed by atoms with van der Waals surface area (Å²) in [5, 5.41) is 0. The molecule has 0 saturated heterocycles. The standard InChI is InChI=1S/C11H12FNO2/c1-15-10(14)11(13)5-7-3-2-4-9(12)8(7)6-11/h2-4H,5-6,13H2,1H3. The second kappa shape index (κ2) is 3.31. The monoisotopic (exact) mass is 209 g/mol. The van der Waals surface area contributed by atoms with Crippen molar-refractivity contribution >= 4 is 5.97 Å². The highest BCUT2D eigenvalue weighted by atomic mass is 19.1. The molecule has 15 heavy (non-hydrogen) atoms. The van der Waals surface area contributed by atoms with Crippen LogP contribution in [0.25, 0.3) is 0 Å². The van der Waals surface area contributed by atoms with Gasteiger partial charge in [0.2, 0.25) is 0 Å². The van der Waals surface area contributed by atoms with Crippen LogP contribution in [-0.2, 0) is 22.4 Å². The number of carbonyl (C=O) groups excluding carboxylic acids is 1. The minimum atomic E-state index is -1.10. The van der Waals surface area contributed by atoms with Gasteiger partial charge in [0.05, 0.1) is 7.11 Å². The van der Waals surface area contributed by atoms with E-state index in [1.807, 2.05) is 0 Å². The molecule has 0 heterocycles. The molecule has 1 atom stereocenters. The predicted octanol–water partition coefficient (Wildman–Crippen LogP) is 0.795. The Kier molecular flexibility index (Phi) is 2.23. The Balaban J connectivity index is 2.37. The lowest BCUT2D eigenvalue weighted by molar-refractivity contribution is -0.146. The molecular weight excluding hydrogens is 197 g/mol. The van der Waals surface area contributed by atoms with Crippen LogP contribution in [-0.4, -0.2) is 18.6 Å². The fraction of sp³-hybridized carbons (Fsp3) is 0.364. The number of methoxy groups -OCH3 is 1. The molecule has 0 fully saturated rings. The molecule has 2 rings (SSSR count). The number of halogens is 1. The lowest BCUT2D eigenvalue weighted by Gasteiger charge is -2.19. The van der Waals surface area contributed by atoms with Crippen LogP contribution in [0, 0.1) is 5.82 Å². The van der Waals surface area contributed by atoms with Crippen molar-refractivity contribution in [3.63, 3.8) is 0 Å². The number of fused-ring (bicyclic) bond motifs is 1. The van der Waals surface area contributed by atoms with E-state index in [4.69, 9.17) is 5.73 Å². The van der Waals surface area contributed by atoms with Crippen molar-refractivity contribution in [2.24, 2.45) is 5.73 Å². The van der Waals surface area contributed by atoms with E-state index >= 15 is 0 Å². The SMILES string of the molecule is COC(=O)C1(N)Cc2cccc(F)c2C1. The zero-order valence-corrected chi connectivity index (χ0v) is 8.42. The Labute approximate surface area is 87.0 Å². The van der Waals surface area contributed by atoms with Crippen molar-refractivity contribution in [3.05, 3.63) is 35.1 Å². The Morgan fingerprint density at radius 2 is 2.27 bits per heavy atom. The van der Waals surface area contributed by atoms with E-state index in [0.717, 1.165) is 5.56 Å². The summed E-state index contributed by atoms with van der Waals surface area (Å²) in [4.78, 5) is 11.4. The van der Waals surface area contributed by atoms with Gasteiger partial charge in [-0.25, -0.2) is 4.39 Å². The second-order valence-corrected chi connectivity index (χ2v) is 3.88. The first kappa shape index (κ1) is 10.1. The average Bonchev–Trinajstić information content (AvgIpc) is 2.57. The smallest absolute Gasteiger partial charge is 0.326 e. The van der Waals surface area contributed by atoms with Gasteiger partial charge in [0.15, 0.2) is 0 Å². The molecule has 3 nitrogen and oxygen atoms in total. The molecule has 1 aromatic rings. The van der Waals surface area contributed by atoms with Gasteiger partial charge < -0.3 is 10.5 Å². The largest absolute Gasteiger partial charge is 0.468 e. The summed E-state index contributed by atoms with van der Waals surface area (Å²) in [6.07, 6.45) is 0.550. The highest BCUT2D eigenvalue weighted by Gasteiger charge is 2.42. The van der Waals surface area contributed by atoms with E-state index in [9.17, 15) is 9.18 Å². The summed E-state index contributed by atoms with van der Waals surface area (Å²) in [5.74, 6) is -0.790. The minimum Gasteiger partial charge on any atom is -0.468 e. The number of benzene rings is 1. The van der Waals surface area contributed by atoms with Crippen molar-refractivity contribution in [2.75, 3.05) is 7.11 Å². The maximum atomic E-state index is 13.4. The van der Waals surface area contributed by atoms with E-state index in [0.29, 0.717) is 12.0 Å². The topological polar surface area (TPSA) is 52.3 Å². The van der Waals surface area contributed by atoms with Crippen LogP contribution in [0.2, 0.25) is 0 Å². The Bertz CT molecular complexity index is 419. The molecule has 1 aromatic carbocycles. The van der Waals surface area contributed by atoms with E-state index in [1.54, 1.807) is 12.1 Å². The van der Waals surface area contributed by atoms with Crippen molar-refractivity contribution < 1.29 is 13.9 Å². The molecular formula is C11H12FNO2. The normalized spacial score (nSPS) is 23.7. The van der Waals surface area contributed by atoms with Crippen LogP contribution >= 0.6 is 0 Å². The average molecular weight is 209 g/mol. The Morgan fingerprint density at radius 3 is 2.87 bits per heavy atom. The number of ether oxygens (including phenoxy) is 1. The lowest BCUT2D eigenvalue weighted by atomic mass is 9.98. The van der Waals surface area contributed by atoms with Gasteiger partial charge >= 0.3 is 5.97 Å². The second-order valence-electron chi connectivity index (χ2n) is 3.88. The molecule has 0 saturated carbocycles. The molecule has 1 aliphatic carbocycles. The summed E-state index contributed by atoms with van der Waals surface area (Å²) in [7, 11) is 1.29. The van der Waals surface area contributed by atoms with E-state index in [2.05, 4.69) is 4.74 Å². The third kappa shape index (κ3) is 1.51. The number of rotatable bonds is 1. The summed E-state index contributed by atoms with van der Waals surface area (Å²) in [6, 6.07) is 4.79. The number of nitrogens with two attached hydrogens (primary N) is 1. The fourth-order valence-corrected chi connectivity index (χ4v) is 2.03. The fourth-order valence-electron chi connectivity index (χ4n) is 2.03. The van der Waals surface area contributed by atoms with Gasteiger partial charge in [-0.15, -0.1) is 0 Å². The van der Waals surface area contributed by atoms with Crippen LogP contribution in [0.5, 0.6) is 0 Å². The third-order valence-corrected chi connectivity index (χ3v) is 2.81. The molecule has 0 aliphatic heterocycles. The molecule has 2 N–H and O–H groups in total. The first-order valence-corrected chi connectivity index (χ1v) is 4.70. The molecule has 0 aromatic heterocycles. The maximum Gasteiger partial charge on any atom is 0.326 e. The molecule has 1 aliphatic rings. The molecule has 0 radical (unpaired) electrons. The summed E-state index contributed by atoms with van der Waals surface area (Å²) >= 11 is 0. The van der Waals surface area contributed by atoms with Gasteiger partial charge in [0, 0.05) is 12.8 Å². The first-order chi connectivity index (χ1) is 7.07. The summed E-state index contributed by atoms with van der Waals surface area (Å²) in [5.41, 5.74) is 6.12. The van der Waals surface area contributed by atoms with E-state index < -0.39 is 11.5 Å². The van der Waals surface area contributed by atoms with Crippen molar-refractivity contribution in [2.45, 2.75) is 18.4 Å². The van der Waals surface area contributed by atoms with Gasteiger partial charge in [-0.1, -0.05) is 12.1 Å². The Hall–Kier alpha value is -1.42. The van der Waals surface area contributed by atoms with Crippen molar-refractivity contribution in [1.82, 2.24) is 0 Å². The summed E-state index contributed by atoms with van der Waals surface area (Å²) in [6.45, 7) is 0. The highest BCUT2D eigenvalue weighted by Crippen LogP contribution is 2.30. The number of esters is 1. The highest BCUT2D eigenvalue weighted by molar-refractivity contribution is 5.82. The van der Waals surface area contributed by atoms with E-state index in [-0.39, 0.29) is 12.2 Å². The quantitative estimate of drug-likeness (QED) is 0.696. The molecule has 0 spiro atoms. The minimum absolute atomic E-state index is 0.210. The van der Waals surface area contributed by atoms with Crippen LogP contribution in [0.4, 0.5) is 4.39 Å². The predicted molar refractivity (Wildman–Crippen MR) is 52.7 cm³/mol. The van der Waals surface area contributed by atoms with Gasteiger partial charge in [-0.3, -0.25) is 4.79 Å². The zero-order valence-electron chi connectivity index (χ0n) is 8.42. The van der Waals surface area contributed by atoms with Crippen LogP contribution < -0.4 is 5.73 Å².